The Labute approximate surface area is 122 Å². The Kier molecular flexibility index (Phi) is 3.73. The maximum Gasteiger partial charge on any atom is 0.291 e. The van der Waals surface area contributed by atoms with Crippen molar-refractivity contribution in [3.8, 4) is 0 Å². The zero-order valence-corrected chi connectivity index (χ0v) is 12.2. The molecule has 110 valence electrons. The van der Waals surface area contributed by atoms with Gasteiger partial charge in [0.15, 0.2) is 0 Å². The molecule has 5 nitrogen and oxygen atoms in total. The van der Waals surface area contributed by atoms with Crippen molar-refractivity contribution in [3.63, 3.8) is 0 Å². The fraction of sp³-hybridized carbons (Fsp3) is 0.714. The second-order valence-corrected chi connectivity index (χ2v) is 6.53. The fourth-order valence-corrected chi connectivity index (χ4v) is 2.70. The van der Waals surface area contributed by atoms with Crippen LogP contribution >= 0.6 is 11.6 Å². The summed E-state index contributed by atoms with van der Waals surface area (Å²) in [7, 11) is 0. The number of nitrogens with zero attached hydrogens (tertiary/aromatic N) is 2. The third-order valence-electron chi connectivity index (χ3n) is 4.37. The second kappa shape index (κ2) is 5.37. The maximum atomic E-state index is 12.4. The predicted octanol–water partition coefficient (Wildman–Crippen LogP) is 1.88. The summed E-state index contributed by atoms with van der Waals surface area (Å²) in [6, 6.07) is 0. The Morgan fingerprint density at radius 3 is 2.85 bits per heavy atom. The summed E-state index contributed by atoms with van der Waals surface area (Å²) >= 11 is 6.09. The molecule has 20 heavy (non-hydrogen) atoms. The van der Waals surface area contributed by atoms with Gasteiger partial charge in [0, 0.05) is 19.7 Å². The molecule has 0 bridgehead atoms. The summed E-state index contributed by atoms with van der Waals surface area (Å²) in [5, 5.41) is 16.7. The Morgan fingerprint density at radius 1 is 1.50 bits per heavy atom. The predicted molar refractivity (Wildman–Crippen MR) is 78.1 cm³/mol. The van der Waals surface area contributed by atoms with Gasteiger partial charge in [-0.15, -0.1) is 0 Å². The van der Waals surface area contributed by atoms with Gasteiger partial charge in [0.2, 0.25) is 0 Å². The minimum atomic E-state index is -0.135. The first-order valence-electron chi connectivity index (χ1n) is 7.24. The van der Waals surface area contributed by atoms with Gasteiger partial charge in [-0.25, -0.2) is 4.68 Å². The highest BCUT2D eigenvalue weighted by molar-refractivity contribution is 6.32. The number of nitrogens with one attached hydrogen (secondary N) is 1. The number of rotatable bonds is 7. The number of aliphatic hydroxyl groups excluding tert-OH is 1. The molecule has 0 atom stereocenters. The molecule has 2 N–H and O–H groups in total. The van der Waals surface area contributed by atoms with E-state index in [1.54, 1.807) is 6.20 Å². The van der Waals surface area contributed by atoms with E-state index in [1.807, 2.05) is 0 Å². The van der Waals surface area contributed by atoms with Crippen molar-refractivity contribution in [1.82, 2.24) is 9.78 Å². The summed E-state index contributed by atoms with van der Waals surface area (Å²) in [4.78, 5) is 12.4. The van der Waals surface area contributed by atoms with Crippen LogP contribution in [0.5, 0.6) is 0 Å². The van der Waals surface area contributed by atoms with E-state index in [1.165, 1.54) is 17.5 Å². The molecule has 2 aliphatic carbocycles. The Morgan fingerprint density at radius 2 is 2.25 bits per heavy atom. The quantitative estimate of drug-likeness (QED) is 0.806. The number of aliphatic hydroxyl groups is 1. The van der Waals surface area contributed by atoms with E-state index >= 15 is 0 Å². The third-order valence-corrected chi connectivity index (χ3v) is 4.65. The van der Waals surface area contributed by atoms with E-state index in [0.29, 0.717) is 29.7 Å². The smallest absolute Gasteiger partial charge is 0.291 e. The molecular formula is C14H20ClN3O2. The van der Waals surface area contributed by atoms with Crippen molar-refractivity contribution >= 4 is 17.3 Å². The van der Waals surface area contributed by atoms with E-state index < -0.39 is 0 Å². The first-order valence-corrected chi connectivity index (χ1v) is 7.62. The van der Waals surface area contributed by atoms with Gasteiger partial charge in [-0.3, -0.25) is 4.79 Å². The summed E-state index contributed by atoms with van der Waals surface area (Å²) in [6.07, 6.45) is 6.87. The summed E-state index contributed by atoms with van der Waals surface area (Å²) in [6.45, 7) is 1.57. The average Bonchev–Trinajstić information content (AvgIpc) is 3.31. The lowest BCUT2D eigenvalue weighted by atomic mass is 10.0. The standard InChI is InChI=1S/C14H20ClN3O2/c15-11-7-17-18(8-10-1-2-10)13(20)12(11)16-9-14(3-4-14)5-6-19/h7,10,16,19H,1-6,8-9H2. The van der Waals surface area contributed by atoms with Gasteiger partial charge < -0.3 is 10.4 Å². The lowest BCUT2D eigenvalue weighted by Crippen LogP contribution is -2.29. The molecule has 0 aromatic carbocycles. The van der Waals surface area contributed by atoms with Crippen LogP contribution in [0.1, 0.15) is 32.1 Å². The van der Waals surface area contributed by atoms with Gasteiger partial charge >= 0.3 is 0 Å². The molecular weight excluding hydrogens is 278 g/mol. The van der Waals surface area contributed by atoms with E-state index in [9.17, 15) is 4.79 Å². The molecule has 0 radical (unpaired) electrons. The molecule has 0 unspecified atom stereocenters. The SMILES string of the molecule is O=c1c(NCC2(CCO)CC2)c(Cl)cnn1CC1CC1. The topological polar surface area (TPSA) is 67.2 Å². The molecule has 1 heterocycles. The van der Waals surface area contributed by atoms with Crippen molar-refractivity contribution in [3.05, 3.63) is 21.6 Å². The first-order chi connectivity index (χ1) is 9.63. The Bertz CT molecular complexity index is 550. The maximum absolute atomic E-state index is 12.4. The minimum absolute atomic E-state index is 0.135. The van der Waals surface area contributed by atoms with Crippen molar-refractivity contribution in [2.45, 2.75) is 38.6 Å². The van der Waals surface area contributed by atoms with Crippen molar-refractivity contribution in [2.75, 3.05) is 18.5 Å². The minimum Gasteiger partial charge on any atom is -0.396 e. The van der Waals surface area contributed by atoms with Gasteiger partial charge in [0.1, 0.15) is 5.69 Å². The van der Waals surface area contributed by atoms with Crippen LogP contribution in [0.4, 0.5) is 5.69 Å². The second-order valence-electron chi connectivity index (χ2n) is 6.13. The molecule has 0 amide bonds. The molecule has 1 aromatic heterocycles. The van der Waals surface area contributed by atoms with Gasteiger partial charge in [-0.05, 0) is 43.4 Å². The summed E-state index contributed by atoms with van der Waals surface area (Å²) in [5.74, 6) is 0.596. The highest BCUT2D eigenvalue weighted by atomic mass is 35.5. The third kappa shape index (κ3) is 2.99. The number of halogens is 1. The number of aromatic nitrogens is 2. The molecule has 3 rings (SSSR count). The van der Waals surface area contributed by atoms with Crippen molar-refractivity contribution < 1.29 is 5.11 Å². The van der Waals surface area contributed by atoms with Crippen LogP contribution in [0.25, 0.3) is 0 Å². The van der Waals surface area contributed by atoms with Gasteiger partial charge in [-0.1, -0.05) is 11.6 Å². The molecule has 1 aromatic rings. The molecule has 0 spiro atoms. The molecule has 0 saturated heterocycles. The summed E-state index contributed by atoms with van der Waals surface area (Å²) < 4.78 is 1.51. The molecule has 2 saturated carbocycles. The number of anilines is 1. The van der Waals surface area contributed by atoms with Crippen molar-refractivity contribution in [1.29, 1.82) is 0 Å². The first kappa shape index (κ1) is 13.9. The van der Waals surface area contributed by atoms with Crippen LogP contribution in [-0.4, -0.2) is 28.0 Å². The van der Waals surface area contributed by atoms with E-state index in [0.717, 1.165) is 19.3 Å². The van der Waals surface area contributed by atoms with Crippen LogP contribution < -0.4 is 10.9 Å². The number of hydrogen-bond acceptors (Lipinski definition) is 4. The molecule has 2 fully saturated rings. The van der Waals surface area contributed by atoms with Crippen LogP contribution in [0.2, 0.25) is 5.02 Å². The van der Waals surface area contributed by atoms with Crippen LogP contribution in [-0.2, 0) is 6.54 Å². The molecule has 2 aliphatic rings. The average molecular weight is 298 g/mol. The largest absolute Gasteiger partial charge is 0.396 e. The van der Waals surface area contributed by atoms with Crippen LogP contribution in [0.15, 0.2) is 11.0 Å². The van der Waals surface area contributed by atoms with Crippen LogP contribution in [0, 0.1) is 11.3 Å². The van der Waals surface area contributed by atoms with Gasteiger partial charge in [-0.2, -0.15) is 5.10 Å². The van der Waals surface area contributed by atoms with Crippen molar-refractivity contribution in [2.24, 2.45) is 11.3 Å². The lowest BCUT2D eigenvalue weighted by Gasteiger charge is -2.16. The molecule has 0 aliphatic heterocycles. The van der Waals surface area contributed by atoms with E-state index in [4.69, 9.17) is 16.7 Å². The Balaban J connectivity index is 1.72. The number of hydrogen-bond donors (Lipinski definition) is 2. The van der Waals surface area contributed by atoms with Crippen LogP contribution in [0.3, 0.4) is 0 Å². The summed E-state index contributed by atoms with van der Waals surface area (Å²) in [5.41, 5.74) is 0.463. The fourth-order valence-electron chi connectivity index (χ4n) is 2.51. The Hall–Kier alpha value is -1.07. The van der Waals surface area contributed by atoms with Gasteiger partial charge in [0.05, 0.1) is 11.2 Å². The molecule has 6 heteroatoms. The zero-order chi connectivity index (χ0) is 14.2. The van der Waals surface area contributed by atoms with E-state index in [-0.39, 0.29) is 17.6 Å². The highest BCUT2D eigenvalue weighted by Gasteiger charge is 2.41. The van der Waals surface area contributed by atoms with E-state index in [2.05, 4.69) is 10.4 Å². The zero-order valence-electron chi connectivity index (χ0n) is 11.4. The highest BCUT2D eigenvalue weighted by Crippen LogP contribution is 2.48. The lowest BCUT2D eigenvalue weighted by molar-refractivity contribution is 0.253. The van der Waals surface area contributed by atoms with Gasteiger partial charge in [0.25, 0.3) is 5.56 Å². The monoisotopic (exact) mass is 297 g/mol. The normalized spacial score (nSPS) is 19.9.